The van der Waals surface area contributed by atoms with Crippen LogP contribution in [0.25, 0.3) is 11.1 Å². The molecule has 0 N–H and O–H groups in total. The molecule has 0 aromatic heterocycles. The van der Waals surface area contributed by atoms with Crippen LogP contribution in [0.5, 0.6) is 0 Å². The van der Waals surface area contributed by atoms with Crippen LogP contribution < -0.4 is 0 Å². The molecule has 4 rings (SSSR count). The van der Waals surface area contributed by atoms with Gasteiger partial charge in [0.05, 0.1) is 0 Å². The van der Waals surface area contributed by atoms with Gasteiger partial charge in [0.1, 0.15) is 0 Å². The van der Waals surface area contributed by atoms with Crippen molar-refractivity contribution in [3.05, 3.63) is 58.7 Å². The zero-order chi connectivity index (χ0) is 21.8. The topological polar surface area (TPSA) is 105 Å². The summed E-state index contributed by atoms with van der Waals surface area (Å²) in [5, 5.41) is 0. The molecule has 0 fully saturated rings. The lowest BCUT2D eigenvalue weighted by atomic mass is 9.97. The van der Waals surface area contributed by atoms with Gasteiger partial charge in [0.15, 0.2) is 0 Å². The summed E-state index contributed by atoms with van der Waals surface area (Å²) in [5.74, 6) is -6.31. The van der Waals surface area contributed by atoms with Gasteiger partial charge in [-0.2, -0.15) is 0 Å². The highest BCUT2D eigenvalue weighted by Crippen LogP contribution is 2.38. The van der Waals surface area contributed by atoms with Gasteiger partial charge >= 0.3 is 0 Å². The van der Waals surface area contributed by atoms with Gasteiger partial charge in [0.2, 0.25) is 23.1 Å². The number of methoxy groups -OCH3 is 4. The number of Topliss-reactive ketones (excluding diaryl/α,β-unsaturated/α-hetero) is 4. The third kappa shape index (κ3) is 2.30. The SMILES string of the molecule is COC1(OC)C(=O)c2ccc(-c3ccc4c(c3)C(=O)C(OC)(OC)C4=O)cc2C1=O. The van der Waals surface area contributed by atoms with Gasteiger partial charge in [-0.25, -0.2) is 0 Å². The maximum Gasteiger partial charge on any atom is 0.299 e. The van der Waals surface area contributed by atoms with E-state index in [0.29, 0.717) is 11.1 Å². The number of ether oxygens (including phenoxy) is 4. The van der Waals surface area contributed by atoms with Crippen molar-refractivity contribution >= 4 is 23.1 Å². The minimum atomic E-state index is -1.99. The summed E-state index contributed by atoms with van der Waals surface area (Å²) in [4.78, 5) is 50.9. The Labute approximate surface area is 171 Å². The summed E-state index contributed by atoms with van der Waals surface area (Å²) in [6, 6.07) is 9.40. The summed E-state index contributed by atoms with van der Waals surface area (Å²) in [6.07, 6.45) is 0. The minimum Gasteiger partial charge on any atom is -0.341 e. The van der Waals surface area contributed by atoms with Crippen LogP contribution in [0.4, 0.5) is 0 Å². The summed E-state index contributed by atoms with van der Waals surface area (Å²) in [6.45, 7) is 0. The molecular formula is C22H18O8. The Bertz CT molecular complexity index is 1030. The summed E-state index contributed by atoms with van der Waals surface area (Å²) < 4.78 is 20.4. The van der Waals surface area contributed by atoms with E-state index in [-0.39, 0.29) is 22.3 Å². The number of hydrogen-bond donors (Lipinski definition) is 0. The number of carbonyl (C=O) groups is 4. The maximum absolute atomic E-state index is 12.8. The molecule has 2 aliphatic carbocycles. The Balaban J connectivity index is 1.80. The van der Waals surface area contributed by atoms with Crippen LogP contribution in [0.3, 0.4) is 0 Å². The summed E-state index contributed by atoms with van der Waals surface area (Å²) >= 11 is 0. The van der Waals surface area contributed by atoms with Crippen molar-refractivity contribution in [3.63, 3.8) is 0 Å². The molecular weight excluding hydrogens is 392 g/mol. The molecule has 2 aromatic rings. The largest absolute Gasteiger partial charge is 0.341 e. The average molecular weight is 410 g/mol. The lowest BCUT2D eigenvalue weighted by Gasteiger charge is -2.21. The molecule has 0 atom stereocenters. The van der Waals surface area contributed by atoms with Gasteiger partial charge < -0.3 is 18.9 Å². The Morgan fingerprint density at radius 1 is 0.500 bits per heavy atom. The van der Waals surface area contributed by atoms with Crippen molar-refractivity contribution in [2.75, 3.05) is 28.4 Å². The predicted octanol–water partition coefficient (Wildman–Crippen LogP) is 2.09. The zero-order valence-corrected chi connectivity index (χ0v) is 16.7. The number of carbonyl (C=O) groups excluding carboxylic acids is 4. The van der Waals surface area contributed by atoms with Gasteiger partial charge in [0.25, 0.3) is 11.6 Å². The molecule has 0 aliphatic heterocycles. The van der Waals surface area contributed by atoms with Crippen molar-refractivity contribution in [2.24, 2.45) is 0 Å². The van der Waals surface area contributed by atoms with E-state index in [9.17, 15) is 19.2 Å². The standard InChI is InChI=1S/C22H18O8/c1-27-21(28-2)17(23)13-7-5-11(9-15(13)19(21)25)12-6-8-14-16(10-12)20(26)22(29-3,30-4)18(14)24/h5-10H,1-4H3. The second-order valence-electron chi connectivity index (χ2n) is 6.89. The molecule has 8 heteroatoms. The maximum atomic E-state index is 12.8. The van der Waals surface area contributed by atoms with E-state index in [1.165, 1.54) is 52.7 Å². The summed E-state index contributed by atoms with van der Waals surface area (Å²) in [5.41, 5.74) is 1.86. The first-order valence-electron chi connectivity index (χ1n) is 8.99. The first-order chi connectivity index (χ1) is 14.3. The lowest BCUT2D eigenvalue weighted by molar-refractivity contribution is -0.133. The van der Waals surface area contributed by atoms with Crippen molar-refractivity contribution in [3.8, 4) is 11.1 Å². The molecule has 154 valence electrons. The zero-order valence-electron chi connectivity index (χ0n) is 16.7. The minimum absolute atomic E-state index is 0.159. The van der Waals surface area contributed by atoms with Crippen LogP contribution in [0, 0.1) is 0 Å². The van der Waals surface area contributed by atoms with E-state index in [1.54, 1.807) is 12.1 Å². The van der Waals surface area contributed by atoms with E-state index in [2.05, 4.69) is 0 Å². The first kappa shape index (κ1) is 20.2. The Morgan fingerprint density at radius 3 is 1.10 bits per heavy atom. The van der Waals surface area contributed by atoms with E-state index in [1.807, 2.05) is 0 Å². The molecule has 0 bridgehead atoms. The molecule has 30 heavy (non-hydrogen) atoms. The van der Waals surface area contributed by atoms with Gasteiger partial charge in [-0.15, -0.1) is 0 Å². The van der Waals surface area contributed by atoms with Crippen molar-refractivity contribution < 1.29 is 38.1 Å². The van der Waals surface area contributed by atoms with Crippen LogP contribution in [0.1, 0.15) is 41.4 Å². The van der Waals surface area contributed by atoms with Crippen LogP contribution >= 0.6 is 0 Å². The molecule has 2 aromatic carbocycles. The van der Waals surface area contributed by atoms with Crippen LogP contribution in [0.2, 0.25) is 0 Å². The number of hydrogen-bond acceptors (Lipinski definition) is 8. The van der Waals surface area contributed by atoms with Crippen molar-refractivity contribution in [1.29, 1.82) is 0 Å². The first-order valence-corrected chi connectivity index (χ1v) is 8.99. The quantitative estimate of drug-likeness (QED) is 0.545. The highest BCUT2D eigenvalue weighted by atomic mass is 16.7. The third-order valence-corrected chi connectivity index (χ3v) is 5.70. The van der Waals surface area contributed by atoms with E-state index in [4.69, 9.17) is 18.9 Å². The summed E-state index contributed by atoms with van der Waals surface area (Å²) in [7, 11) is 4.92. The number of fused-ring (bicyclic) bond motifs is 2. The fourth-order valence-electron chi connectivity index (χ4n) is 4.04. The van der Waals surface area contributed by atoms with E-state index < -0.39 is 34.7 Å². The second kappa shape index (κ2) is 6.75. The molecule has 0 saturated carbocycles. The Hall–Kier alpha value is -3.04. The smallest absolute Gasteiger partial charge is 0.299 e. The van der Waals surface area contributed by atoms with Crippen LogP contribution in [0.15, 0.2) is 36.4 Å². The highest BCUT2D eigenvalue weighted by Gasteiger charge is 2.56. The third-order valence-electron chi connectivity index (χ3n) is 5.70. The monoisotopic (exact) mass is 410 g/mol. The Morgan fingerprint density at radius 2 is 0.800 bits per heavy atom. The molecule has 2 aliphatic rings. The second-order valence-corrected chi connectivity index (χ2v) is 6.89. The molecule has 0 saturated heterocycles. The van der Waals surface area contributed by atoms with E-state index >= 15 is 0 Å². The van der Waals surface area contributed by atoms with Gasteiger partial charge in [-0.05, 0) is 35.4 Å². The normalized spacial score (nSPS) is 18.7. The average Bonchev–Trinajstić information content (AvgIpc) is 3.13. The van der Waals surface area contributed by atoms with Gasteiger partial charge in [-0.1, -0.05) is 12.1 Å². The highest BCUT2D eigenvalue weighted by molar-refractivity contribution is 6.32. The predicted molar refractivity (Wildman–Crippen MR) is 103 cm³/mol. The number of ketones is 4. The number of rotatable bonds is 5. The molecule has 0 radical (unpaired) electrons. The lowest BCUT2D eigenvalue weighted by Crippen LogP contribution is -2.45. The van der Waals surface area contributed by atoms with Gasteiger partial charge in [-0.3, -0.25) is 19.2 Å². The molecule has 8 nitrogen and oxygen atoms in total. The number of benzene rings is 2. The fraction of sp³-hybridized carbons (Fsp3) is 0.273. The molecule has 0 unspecified atom stereocenters. The van der Waals surface area contributed by atoms with Crippen molar-refractivity contribution in [1.82, 2.24) is 0 Å². The van der Waals surface area contributed by atoms with Crippen LogP contribution in [-0.2, 0) is 18.9 Å². The van der Waals surface area contributed by atoms with Crippen LogP contribution in [-0.4, -0.2) is 63.1 Å². The molecule has 0 amide bonds. The molecule has 0 heterocycles. The fourth-order valence-corrected chi connectivity index (χ4v) is 4.04. The Kier molecular flexibility index (Phi) is 4.55. The van der Waals surface area contributed by atoms with E-state index in [0.717, 1.165) is 0 Å². The van der Waals surface area contributed by atoms with Crippen molar-refractivity contribution in [2.45, 2.75) is 11.6 Å². The van der Waals surface area contributed by atoms with Gasteiger partial charge in [0, 0.05) is 50.7 Å². The molecule has 0 spiro atoms.